The molecule has 0 radical (unpaired) electrons. The molecule has 5 nitrogen and oxygen atoms in total. The lowest BCUT2D eigenvalue weighted by Crippen LogP contribution is -2.65. The maximum absolute atomic E-state index is 14.1. The molecule has 0 bridgehead atoms. The summed E-state index contributed by atoms with van der Waals surface area (Å²) in [5, 5.41) is 9.88. The minimum absolute atomic E-state index is 0.0396. The van der Waals surface area contributed by atoms with Gasteiger partial charge in [-0.05, 0) is 84.9 Å². The average Bonchev–Trinajstić information content (AvgIpc) is 2.82. The van der Waals surface area contributed by atoms with Crippen LogP contribution in [0.5, 0.6) is 0 Å². The lowest BCUT2D eigenvalue weighted by Gasteiger charge is -2.68. The molecule has 0 amide bonds. The summed E-state index contributed by atoms with van der Waals surface area (Å²) in [6.45, 7) is 15.4. The maximum atomic E-state index is 14.1. The van der Waals surface area contributed by atoms with Crippen molar-refractivity contribution in [2.45, 2.75) is 106 Å². The SMILES string of the molecule is COC(=O)[C@H]1CCC(C)(C)CCC2C(=O)CC3[C@@]4(C)C=C(C#N)C(=O)C(C)(C)[C@@H]4CC[C@@]3(C)[C@]2(C)CC1. The Bertz CT molecular complexity index is 1060. The molecular formula is C32H47NO4. The number of esters is 1. The number of hydrogen-bond acceptors (Lipinski definition) is 5. The zero-order valence-corrected chi connectivity index (χ0v) is 24.3. The van der Waals surface area contributed by atoms with Gasteiger partial charge in [-0.25, -0.2) is 0 Å². The molecule has 204 valence electrons. The van der Waals surface area contributed by atoms with Crippen LogP contribution in [-0.2, 0) is 19.1 Å². The summed E-state index contributed by atoms with van der Waals surface area (Å²) in [7, 11) is 1.48. The molecule has 0 heterocycles. The Morgan fingerprint density at radius 1 is 0.892 bits per heavy atom. The topological polar surface area (TPSA) is 84.2 Å². The number of methoxy groups -OCH3 is 1. The van der Waals surface area contributed by atoms with Crippen LogP contribution in [0.4, 0.5) is 0 Å². The van der Waals surface area contributed by atoms with Crippen LogP contribution in [0.2, 0.25) is 0 Å². The molecule has 0 saturated heterocycles. The molecule has 2 unspecified atom stereocenters. The summed E-state index contributed by atoms with van der Waals surface area (Å²) in [5.74, 6) is 0.0934. The molecule has 5 heteroatoms. The highest BCUT2D eigenvalue weighted by molar-refractivity contribution is 6.04. The maximum Gasteiger partial charge on any atom is 0.308 e. The molecule has 4 aliphatic rings. The van der Waals surface area contributed by atoms with Crippen molar-refractivity contribution in [1.29, 1.82) is 5.26 Å². The van der Waals surface area contributed by atoms with Gasteiger partial charge >= 0.3 is 5.97 Å². The molecule has 4 rings (SSSR count). The Morgan fingerprint density at radius 2 is 1.49 bits per heavy atom. The number of carbonyl (C=O) groups excluding carboxylic acids is 3. The minimum Gasteiger partial charge on any atom is -0.469 e. The minimum atomic E-state index is -0.632. The molecule has 37 heavy (non-hydrogen) atoms. The number of rotatable bonds is 1. The fourth-order valence-electron chi connectivity index (χ4n) is 9.57. The Hall–Kier alpha value is -1.96. The van der Waals surface area contributed by atoms with Crippen molar-refractivity contribution in [3.8, 4) is 6.07 Å². The summed E-state index contributed by atoms with van der Waals surface area (Å²) in [6.07, 6.45) is 9.48. The van der Waals surface area contributed by atoms with Crippen LogP contribution in [0.3, 0.4) is 0 Å². The molecule has 0 N–H and O–H groups in total. The van der Waals surface area contributed by atoms with E-state index in [4.69, 9.17) is 4.74 Å². The van der Waals surface area contributed by atoms with Gasteiger partial charge in [0.2, 0.25) is 0 Å². The van der Waals surface area contributed by atoms with Gasteiger partial charge in [-0.1, -0.05) is 54.5 Å². The van der Waals surface area contributed by atoms with Crippen molar-refractivity contribution in [3.63, 3.8) is 0 Å². The highest BCUT2D eigenvalue weighted by Gasteiger charge is 2.68. The van der Waals surface area contributed by atoms with E-state index in [1.165, 1.54) is 7.11 Å². The van der Waals surface area contributed by atoms with Gasteiger partial charge in [-0.3, -0.25) is 14.4 Å². The van der Waals surface area contributed by atoms with Crippen LogP contribution in [0.15, 0.2) is 11.6 Å². The number of nitriles is 1. The third-order valence-electron chi connectivity index (χ3n) is 12.2. The molecule has 0 aliphatic heterocycles. The second-order valence-electron chi connectivity index (χ2n) is 14.8. The van der Waals surface area contributed by atoms with Gasteiger partial charge in [0.15, 0.2) is 5.78 Å². The Morgan fingerprint density at radius 3 is 2.11 bits per heavy atom. The van der Waals surface area contributed by atoms with E-state index in [0.717, 1.165) is 51.4 Å². The molecule has 3 fully saturated rings. The number of fused-ring (bicyclic) bond motifs is 5. The van der Waals surface area contributed by atoms with Gasteiger partial charge in [-0.2, -0.15) is 5.26 Å². The molecular weight excluding hydrogens is 462 g/mol. The second-order valence-corrected chi connectivity index (χ2v) is 14.8. The van der Waals surface area contributed by atoms with Gasteiger partial charge in [0.05, 0.1) is 18.6 Å². The number of allylic oxidation sites excluding steroid dienone is 2. The first-order valence-electron chi connectivity index (χ1n) is 14.4. The predicted octanol–water partition coefficient (Wildman–Crippen LogP) is 6.85. The zero-order valence-electron chi connectivity index (χ0n) is 24.3. The summed E-state index contributed by atoms with van der Waals surface area (Å²) >= 11 is 0. The lowest BCUT2D eigenvalue weighted by molar-refractivity contribution is -0.191. The number of Topliss-reactive ketones (excluding diaryl/α,β-unsaturated/α-hetero) is 2. The van der Waals surface area contributed by atoms with Gasteiger partial charge in [0, 0.05) is 17.8 Å². The second kappa shape index (κ2) is 9.06. The quantitative estimate of drug-likeness (QED) is 0.361. The van der Waals surface area contributed by atoms with Crippen LogP contribution in [0, 0.1) is 62.1 Å². The van der Waals surface area contributed by atoms with E-state index < -0.39 is 10.8 Å². The fourth-order valence-corrected chi connectivity index (χ4v) is 9.57. The summed E-state index contributed by atoms with van der Waals surface area (Å²) in [4.78, 5) is 40.1. The van der Waals surface area contributed by atoms with Gasteiger partial charge in [0.1, 0.15) is 11.9 Å². The van der Waals surface area contributed by atoms with Gasteiger partial charge in [-0.15, -0.1) is 0 Å². The third kappa shape index (κ3) is 4.12. The first kappa shape index (κ1) is 28.1. The van der Waals surface area contributed by atoms with Crippen LogP contribution >= 0.6 is 0 Å². The lowest BCUT2D eigenvalue weighted by atomic mass is 9.35. The van der Waals surface area contributed by atoms with Gasteiger partial charge < -0.3 is 4.74 Å². The van der Waals surface area contributed by atoms with Crippen molar-refractivity contribution in [3.05, 3.63) is 11.6 Å². The molecule has 3 saturated carbocycles. The summed E-state index contributed by atoms with van der Waals surface area (Å²) < 4.78 is 5.22. The van der Waals surface area contributed by atoms with Gasteiger partial charge in [0.25, 0.3) is 0 Å². The van der Waals surface area contributed by atoms with Crippen LogP contribution < -0.4 is 0 Å². The number of ketones is 2. The number of hydrogen-bond donors (Lipinski definition) is 0. The number of ether oxygens (including phenoxy) is 1. The Kier molecular flexibility index (Phi) is 6.87. The number of carbonyl (C=O) groups is 3. The smallest absolute Gasteiger partial charge is 0.308 e. The average molecular weight is 510 g/mol. The summed E-state index contributed by atoms with van der Waals surface area (Å²) in [5.41, 5.74) is -1.14. The first-order chi connectivity index (χ1) is 17.1. The van der Waals surface area contributed by atoms with E-state index >= 15 is 0 Å². The zero-order chi connectivity index (χ0) is 27.6. The van der Waals surface area contributed by atoms with Crippen molar-refractivity contribution in [2.75, 3.05) is 7.11 Å². The monoisotopic (exact) mass is 509 g/mol. The van der Waals surface area contributed by atoms with Crippen molar-refractivity contribution in [2.24, 2.45) is 50.7 Å². The normalized spacial score (nSPS) is 43.3. The molecule has 0 aromatic heterocycles. The molecule has 0 aromatic rings. The Labute approximate surface area is 223 Å². The van der Waals surface area contributed by atoms with E-state index in [1.54, 1.807) is 0 Å². The van der Waals surface area contributed by atoms with E-state index in [-0.39, 0.29) is 57.2 Å². The van der Waals surface area contributed by atoms with E-state index in [9.17, 15) is 19.6 Å². The van der Waals surface area contributed by atoms with E-state index in [1.807, 2.05) is 19.9 Å². The number of nitrogens with zero attached hydrogens (tertiary/aromatic N) is 1. The molecule has 4 aliphatic carbocycles. The van der Waals surface area contributed by atoms with Crippen LogP contribution in [0.1, 0.15) is 106 Å². The molecule has 7 atom stereocenters. The predicted molar refractivity (Wildman–Crippen MR) is 143 cm³/mol. The highest BCUT2D eigenvalue weighted by Crippen LogP contribution is 2.72. The van der Waals surface area contributed by atoms with Crippen LogP contribution in [-0.4, -0.2) is 24.6 Å². The standard InChI is InChI=1S/C32H47NO4/c1-28(2)13-9-20(27(36)37-8)10-15-31(6)22(11-14-28)23(34)17-25-30(5)18-21(19-33)26(35)29(3,4)24(30)12-16-32(25,31)7/h18,20,22,24-25H,9-17H2,1-8H3/t20-,22?,24-,25?,30-,31+,32+/m0/s1. The van der Waals surface area contributed by atoms with Crippen molar-refractivity contribution < 1.29 is 19.1 Å². The Balaban J connectivity index is 1.83. The molecule has 0 spiro atoms. The van der Waals surface area contributed by atoms with Crippen molar-refractivity contribution >= 4 is 17.5 Å². The fraction of sp³-hybridized carbons (Fsp3) is 0.812. The van der Waals surface area contributed by atoms with Crippen LogP contribution in [0.25, 0.3) is 0 Å². The highest BCUT2D eigenvalue weighted by atomic mass is 16.5. The largest absolute Gasteiger partial charge is 0.469 e. The third-order valence-corrected chi connectivity index (χ3v) is 12.2. The summed E-state index contributed by atoms with van der Waals surface area (Å²) in [6, 6.07) is 2.20. The molecule has 0 aromatic carbocycles. The van der Waals surface area contributed by atoms with Crippen molar-refractivity contribution in [1.82, 2.24) is 0 Å². The van der Waals surface area contributed by atoms with E-state index in [0.29, 0.717) is 12.2 Å². The van der Waals surface area contributed by atoms with E-state index in [2.05, 4.69) is 40.7 Å². The first-order valence-corrected chi connectivity index (χ1v) is 14.4.